The second-order valence-electron chi connectivity index (χ2n) is 6.41. The molecule has 4 rings (SSSR count). The summed E-state index contributed by atoms with van der Waals surface area (Å²) in [4.78, 5) is 16.8. The number of para-hydroxylation sites is 1. The van der Waals surface area contributed by atoms with Gasteiger partial charge in [-0.3, -0.25) is 9.48 Å². The van der Waals surface area contributed by atoms with Crippen LogP contribution in [0.15, 0.2) is 36.5 Å². The zero-order valence-corrected chi connectivity index (χ0v) is 14.8. The number of hydrogen-bond acceptors (Lipinski definition) is 5. The molecule has 1 aliphatic heterocycles. The highest BCUT2D eigenvalue weighted by Crippen LogP contribution is 2.31. The maximum atomic E-state index is 12.5. The molecule has 134 valence electrons. The lowest BCUT2D eigenvalue weighted by molar-refractivity contribution is -0.120. The number of carbonyl (C=O) groups excluding carboxylic acids is 1. The molecular weight excluding hydrogens is 330 g/mol. The van der Waals surface area contributed by atoms with Crippen LogP contribution < -0.4 is 15.4 Å². The normalized spacial score (nSPS) is 16.0. The lowest BCUT2D eigenvalue weighted by Gasteiger charge is -2.26. The first kappa shape index (κ1) is 16.4. The van der Waals surface area contributed by atoms with E-state index >= 15 is 0 Å². The van der Waals surface area contributed by atoms with Crippen LogP contribution in [0.4, 0.5) is 5.69 Å². The molecular formula is C19H21N5O2. The summed E-state index contributed by atoms with van der Waals surface area (Å²) >= 11 is 0. The molecule has 7 heteroatoms. The van der Waals surface area contributed by atoms with Gasteiger partial charge >= 0.3 is 0 Å². The summed E-state index contributed by atoms with van der Waals surface area (Å²) in [6.07, 6.45) is 2.49. The lowest BCUT2D eigenvalue weighted by atomic mass is 10.0. The number of carbonyl (C=O) groups is 1. The Bertz CT molecular complexity index is 966. The topological polar surface area (TPSA) is 81.1 Å². The molecule has 0 aliphatic carbocycles. The quantitative estimate of drug-likeness (QED) is 0.754. The van der Waals surface area contributed by atoms with Crippen LogP contribution in [0.25, 0.3) is 11.0 Å². The number of ether oxygens (including phenoxy) is 1. The predicted octanol–water partition coefficient (Wildman–Crippen LogP) is 2.33. The van der Waals surface area contributed by atoms with Gasteiger partial charge in [-0.25, -0.2) is 4.98 Å². The number of amides is 1. The van der Waals surface area contributed by atoms with E-state index in [1.54, 1.807) is 10.9 Å². The van der Waals surface area contributed by atoms with Gasteiger partial charge in [-0.15, -0.1) is 0 Å². The van der Waals surface area contributed by atoms with Crippen molar-refractivity contribution in [3.63, 3.8) is 0 Å². The first-order valence-electron chi connectivity index (χ1n) is 8.67. The molecule has 1 aromatic carbocycles. The van der Waals surface area contributed by atoms with Crippen LogP contribution >= 0.6 is 0 Å². The number of aryl methyl sites for hydroxylation is 2. The zero-order valence-electron chi connectivity index (χ0n) is 14.8. The third-order valence-electron chi connectivity index (χ3n) is 4.63. The molecule has 0 fully saturated rings. The molecule has 0 spiro atoms. The van der Waals surface area contributed by atoms with Gasteiger partial charge in [0.05, 0.1) is 30.3 Å². The van der Waals surface area contributed by atoms with Gasteiger partial charge in [-0.1, -0.05) is 18.2 Å². The van der Waals surface area contributed by atoms with Crippen LogP contribution in [-0.4, -0.2) is 33.8 Å². The fraction of sp³-hybridized carbons (Fsp3) is 0.316. The number of anilines is 1. The molecule has 1 aliphatic rings. The summed E-state index contributed by atoms with van der Waals surface area (Å²) in [5, 5.41) is 11.7. The SMILES string of the molecule is Cc1nn(C)c2nccc(NCC(=O)NC3CCOc4ccccc43)c12. The largest absolute Gasteiger partial charge is 0.493 e. The van der Waals surface area contributed by atoms with E-state index in [-0.39, 0.29) is 18.5 Å². The van der Waals surface area contributed by atoms with Gasteiger partial charge in [-0.2, -0.15) is 5.10 Å². The number of nitrogens with zero attached hydrogens (tertiary/aromatic N) is 3. The van der Waals surface area contributed by atoms with Crippen LogP contribution in [0.3, 0.4) is 0 Å². The van der Waals surface area contributed by atoms with Crippen LogP contribution in [0.1, 0.15) is 23.7 Å². The highest BCUT2D eigenvalue weighted by atomic mass is 16.5. The fourth-order valence-electron chi connectivity index (χ4n) is 3.44. The minimum Gasteiger partial charge on any atom is -0.493 e. The Hall–Kier alpha value is -3.09. The van der Waals surface area contributed by atoms with Crippen molar-refractivity contribution in [3.8, 4) is 5.75 Å². The Kier molecular flexibility index (Phi) is 4.20. The van der Waals surface area contributed by atoms with Crippen LogP contribution in [0.2, 0.25) is 0 Å². The molecule has 0 radical (unpaired) electrons. The van der Waals surface area contributed by atoms with Crippen LogP contribution in [0, 0.1) is 6.92 Å². The van der Waals surface area contributed by atoms with Gasteiger partial charge in [0.15, 0.2) is 5.65 Å². The summed E-state index contributed by atoms with van der Waals surface area (Å²) in [7, 11) is 1.86. The van der Waals surface area contributed by atoms with E-state index in [1.165, 1.54) is 0 Å². The maximum Gasteiger partial charge on any atom is 0.239 e. The Morgan fingerprint density at radius 2 is 2.19 bits per heavy atom. The standard InChI is InChI=1S/C19H21N5O2/c1-12-18-15(7-9-20-19(18)24(2)23-12)21-11-17(25)22-14-8-10-26-16-6-4-3-5-13(14)16/h3-7,9,14H,8,10-11H2,1-2H3,(H,20,21)(H,22,25). The van der Waals surface area contributed by atoms with Gasteiger partial charge in [0.1, 0.15) is 5.75 Å². The second kappa shape index (κ2) is 6.67. The summed E-state index contributed by atoms with van der Waals surface area (Å²) in [6, 6.07) is 9.68. The van der Waals surface area contributed by atoms with Crippen molar-refractivity contribution >= 4 is 22.6 Å². The van der Waals surface area contributed by atoms with Crippen molar-refractivity contribution in [1.29, 1.82) is 0 Å². The van der Waals surface area contributed by atoms with Crippen molar-refractivity contribution in [2.45, 2.75) is 19.4 Å². The average Bonchev–Trinajstić information content (AvgIpc) is 2.95. The molecule has 1 amide bonds. The van der Waals surface area contributed by atoms with Crippen molar-refractivity contribution < 1.29 is 9.53 Å². The maximum absolute atomic E-state index is 12.5. The van der Waals surface area contributed by atoms with E-state index in [1.807, 2.05) is 44.3 Å². The van der Waals surface area contributed by atoms with Crippen molar-refractivity contribution in [2.24, 2.45) is 7.05 Å². The molecule has 1 unspecified atom stereocenters. The lowest BCUT2D eigenvalue weighted by Crippen LogP contribution is -2.35. The first-order chi connectivity index (χ1) is 12.6. The number of fused-ring (bicyclic) bond motifs is 2. The Balaban J connectivity index is 1.46. The van der Waals surface area contributed by atoms with Crippen molar-refractivity contribution in [2.75, 3.05) is 18.5 Å². The average molecular weight is 351 g/mol. The van der Waals surface area contributed by atoms with Gasteiger partial charge in [-0.05, 0) is 19.1 Å². The van der Waals surface area contributed by atoms with Crippen LogP contribution in [-0.2, 0) is 11.8 Å². The molecule has 26 heavy (non-hydrogen) atoms. The monoisotopic (exact) mass is 351 g/mol. The summed E-state index contributed by atoms with van der Waals surface area (Å²) in [6.45, 7) is 2.73. The molecule has 0 saturated heterocycles. The number of benzene rings is 1. The fourth-order valence-corrected chi connectivity index (χ4v) is 3.44. The summed E-state index contributed by atoms with van der Waals surface area (Å²) in [5.74, 6) is 0.789. The van der Waals surface area contributed by atoms with Gasteiger partial charge in [0, 0.05) is 30.9 Å². The Morgan fingerprint density at radius 3 is 3.08 bits per heavy atom. The van der Waals surface area contributed by atoms with E-state index in [9.17, 15) is 4.79 Å². The molecule has 0 bridgehead atoms. The first-order valence-corrected chi connectivity index (χ1v) is 8.67. The minimum absolute atomic E-state index is 0.0214. The van der Waals surface area contributed by atoms with Crippen LogP contribution in [0.5, 0.6) is 5.75 Å². The Morgan fingerprint density at radius 1 is 1.35 bits per heavy atom. The second-order valence-corrected chi connectivity index (χ2v) is 6.41. The predicted molar refractivity (Wildman–Crippen MR) is 99.2 cm³/mol. The summed E-state index contributed by atoms with van der Waals surface area (Å²) in [5.41, 5.74) is 3.58. The third-order valence-corrected chi connectivity index (χ3v) is 4.63. The molecule has 7 nitrogen and oxygen atoms in total. The number of aromatic nitrogens is 3. The van der Waals surface area contributed by atoms with E-state index in [2.05, 4.69) is 20.7 Å². The van der Waals surface area contributed by atoms with Gasteiger partial charge in [0.2, 0.25) is 5.91 Å². The van der Waals surface area contributed by atoms with Gasteiger partial charge in [0.25, 0.3) is 0 Å². The minimum atomic E-state index is -0.0572. The smallest absolute Gasteiger partial charge is 0.239 e. The van der Waals surface area contributed by atoms with Gasteiger partial charge < -0.3 is 15.4 Å². The molecule has 1 atom stereocenters. The Labute approximate surface area is 151 Å². The number of rotatable bonds is 4. The third kappa shape index (κ3) is 2.96. The van der Waals surface area contributed by atoms with Crippen molar-refractivity contribution in [1.82, 2.24) is 20.1 Å². The molecule has 2 aromatic heterocycles. The highest BCUT2D eigenvalue weighted by Gasteiger charge is 2.22. The number of nitrogens with one attached hydrogen (secondary N) is 2. The van der Waals surface area contributed by atoms with E-state index in [0.717, 1.165) is 40.1 Å². The number of pyridine rings is 1. The van der Waals surface area contributed by atoms with E-state index < -0.39 is 0 Å². The summed E-state index contributed by atoms with van der Waals surface area (Å²) < 4.78 is 7.39. The molecule has 3 aromatic rings. The number of hydrogen-bond donors (Lipinski definition) is 2. The van der Waals surface area contributed by atoms with Crippen molar-refractivity contribution in [3.05, 3.63) is 47.8 Å². The van der Waals surface area contributed by atoms with E-state index in [0.29, 0.717) is 6.61 Å². The van der Waals surface area contributed by atoms with E-state index in [4.69, 9.17) is 4.74 Å². The molecule has 3 heterocycles. The highest BCUT2D eigenvalue weighted by molar-refractivity contribution is 5.93. The molecule has 2 N–H and O–H groups in total. The zero-order chi connectivity index (χ0) is 18.1. The molecule has 0 saturated carbocycles.